The molecule has 0 aliphatic heterocycles. The number of rotatable bonds is 11. The molecule has 0 fully saturated rings. The van der Waals surface area contributed by atoms with Crippen LogP contribution in [0.2, 0.25) is 0 Å². The highest BCUT2D eigenvalue weighted by Gasteiger charge is 2.15. The van der Waals surface area contributed by atoms with Gasteiger partial charge in [-0.2, -0.15) is 0 Å². The number of hydrogen-bond acceptors (Lipinski definition) is 5. The van der Waals surface area contributed by atoms with Crippen molar-refractivity contribution in [3.8, 4) is 23.0 Å². The number of guanidine groups is 1. The lowest BCUT2D eigenvalue weighted by molar-refractivity contribution is 0.321. The van der Waals surface area contributed by atoms with E-state index in [-0.39, 0.29) is 0 Å². The smallest absolute Gasteiger partial charge is 0.203 e. The Morgan fingerprint density at radius 2 is 1.66 bits per heavy atom. The first-order valence-corrected chi connectivity index (χ1v) is 9.71. The van der Waals surface area contributed by atoms with Crippen LogP contribution >= 0.6 is 0 Å². The molecule has 0 aliphatic rings. The zero-order chi connectivity index (χ0) is 20.9. The van der Waals surface area contributed by atoms with Gasteiger partial charge in [0.2, 0.25) is 5.75 Å². The maximum absolute atomic E-state index is 5.70. The van der Waals surface area contributed by atoms with Crippen molar-refractivity contribution in [2.24, 2.45) is 4.99 Å². The van der Waals surface area contributed by atoms with Gasteiger partial charge in [0.05, 0.1) is 27.9 Å². The lowest BCUT2D eigenvalue weighted by Gasteiger charge is -2.15. The van der Waals surface area contributed by atoms with Crippen LogP contribution in [0.25, 0.3) is 0 Å². The minimum Gasteiger partial charge on any atom is -0.493 e. The summed E-state index contributed by atoms with van der Waals surface area (Å²) in [5.41, 5.74) is 1.01. The molecule has 7 heteroatoms. The van der Waals surface area contributed by atoms with Crippen molar-refractivity contribution in [2.45, 2.75) is 13.3 Å². The van der Waals surface area contributed by atoms with Crippen LogP contribution in [0.4, 0.5) is 0 Å². The second-order valence-electron chi connectivity index (χ2n) is 6.09. The molecule has 0 aromatic heterocycles. The molecule has 2 aromatic rings. The summed E-state index contributed by atoms with van der Waals surface area (Å²) in [6.07, 6.45) is 0.709. The van der Waals surface area contributed by atoms with Gasteiger partial charge in [0.1, 0.15) is 12.4 Å². The van der Waals surface area contributed by atoms with Gasteiger partial charge in [-0.1, -0.05) is 24.3 Å². The second-order valence-corrected chi connectivity index (χ2v) is 6.09. The van der Waals surface area contributed by atoms with E-state index in [2.05, 4.69) is 15.6 Å². The van der Waals surface area contributed by atoms with Crippen LogP contribution in [0.5, 0.6) is 23.0 Å². The van der Waals surface area contributed by atoms with Crippen LogP contribution in [-0.4, -0.2) is 53.5 Å². The van der Waals surface area contributed by atoms with Gasteiger partial charge in [-0.05, 0) is 31.5 Å². The lowest BCUT2D eigenvalue weighted by atomic mass is 10.1. The van der Waals surface area contributed by atoms with E-state index in [0.717, 1.165) is 23.8 Å². The Kier molecular flexibility index (Phi) is 9.48. The Bertz CT molecular complexity index is 766. The molecule has 0 atom stereocenters. The summed E-state index contributed by atoms with van der Waals surface area (Å²) in [4.78, 5) is 4.64. The average molecular weight is 402 g/mol. The monoisotopic (exact) mass is 401 g/mol. The standard InChI is InChI=1S/C22H31N3O4/c1-5-23-22(25-15-16-29-18-9-7-6-8-10-18)24-14-13-17-11-12-19(26-2)21(28-4)20(17)27-3/h6-12H,5,13-16H2,1-4H3,(H2,23,24,25). The second kappa shape index (κ2) is 12.4. The maximum atomic E-state index is 5.70. The van der Waals surface area contributed by atoms with Gasteiger partial charge in [0.15, 0.2) is 17.5 Å². The third-order valence-corrected chi connectivity index (χ3v) is 4.19. The molecule has 0 amide bonds. The molecule has 0 unspecified atom stereocenters. The molecule has 7 nitrogen and oxygen atoms in total. The van der Waals surface area contributed by atoms with Gasteiger partial charge < -0.3 is 29.6 Å². The fraction of sp³-hybridized carbons (Fsp3) is 0.409. The topological polar surface area (TPSA) is 73.3 Å². The number of ether oxygens (including phenoxy) is 4. The molecule has 0 heterocycles. The highest BCUT2D eigenvalue weighted by Crippen LogP contribution is 2.39. The molecular formula is C22H31N3O4. The van der Waals surface area contributed by atoms with Crippen LogP contribution in [-0.2, 0) is 6.42 Å². The first kappa shape index (κ1) is 22.2. The van der Waals surface area contributed by atoms with E-state index < -0.39 is 0 Å². The number of para-hydroxylation sites is 1. The quantitative estimate of drug-likeness (QED) is 0.343. The first-order chi connectivity index (χ1) is 14.2. The molecule has 2 N–H and O–H groups in total. The fourth-order valence-electron chi connectivity index (χ4n) is 2.85. The SMILES string of the molecule is CCNC(=NCCc1ccc(OC)c(OC)c1OC)NCCOc1ccccc1. The summed E-state index contributed by atoms with van der Waals surface area (Å²) >= 11 is 0. The van der Waals surface area contributed by atoms with Crippen LogP contribution in [0.3, 0.4) is 0 Å². The predicted octanol–water partition coefficient (Wildman–Crippen LogP) is 2.89. The molecule has 0 bridgehead atoms. The number of aliphatic imine (C=N–C) groups is 1. The Morgan fingerprint density at radius 1 is 0.897 bits per heavy atom. The van der Waals surface area contributed by atoms with Crippen LogP contribution in [0.1, 0.15) is 12.5 Å². The number of nitrogens with one attached hydrogen (secondary N) is 2. The van der Waals surface area contributed by atoms with Crippen molar-refractivity contribution < 1.29 is 18.9 Å². The molecule has 0 spiro atoms. The van der Waals surface area contributed by atoms with Gasteiger partial charge >= 0.3 is 0 Å². The van der Waals surface area contributed by atoms with E-state index in [0.29, 0.717) is 43.4 Å². The summed E-state index contributed by atoms with van der Waals surface area (Å²) in [7, 11) is 4.84. The van der Waals surface area contributed by atoms with Gasteiger partial charge in [0, 0.05) is 18.7 Å². The summed E-state index contributed by atoms with van der Waals surface area (Å²) in [6, 6.07) is 13.6. The molecule has 0 radical (unpaired) electrons. The molecule has 0 aliphatic carbocycles. The number of nitrogens with zero attached hydrogens (tertiary/aromatic N) is 1. The first-order valence-electron chi connectivity index (χ1n) is 9.71. The molecule has 29 heavy (non-hydrogen) atoms. The zero-order valence-corrected chi connectivity index (χ0v) is 17.7. The lowest BCUT2D eigenvalue weighted by Crippen LogP contribution is -2.39. The van der Waals surface area contributed by atoms with Crippen molar-refractivity contribution in [1.29, 1.82) is 0 Å². The predicted molar refractivity (Wildman–Crippen MR) is 116 cm³/mol. The van der Waals surface area contributed by atoms with Crippen molar-refractivity contribution >= 4 is 5.96 Å². The Hall–Kier alpha value is -3.09. The van der Waals surface area contributed by atoms with E-state index in [9.17, 15) is 0 Å². The third kappa shape index (κ3) is 6.78. The van der Waals surface area contributed by atoms with Crippen molar-refractivity contribution in [2.75, 3.05) is 47.6 Å². The highest BCUT2D eigenvalue weighted by atomic mass is 16.5. The van der Waals surface area contributed by atoms with E-state index in [1.807, 2.05) is 49.4 Å². The largest absolute Gasteiger partial charge is 0.493 e. The molecule has 158 valence electrons. The summed E-state index contributed by atoms with van der Waals surface area (Å²) in [6.45, 7) is 4.62. The van der Waals surface area contributed by atoms with Crippen molar-refractivity contribution in [3.05, 3.63) is 48.0 Å². The summed E-state index contributed by atoms with van der Waals surface area (Å²) in [5, 5.41) is 6.53. The van der Waals surface area contributed by atoms with E-state index in [1.165, 1.54) is 0 Å². The number of methoxy groups -OCH3 is 3. The highest BCUT2D eigenvalue weighted by molar-refractivity contribution is 5.79. The Balaban J connectivity index is 1.91. The number of hydrogen-bond donors (Lipinski definition) is 2. The summed E-state index contributed by atoms with van der Waals surface area (Å²) in [5.74, 6) is 3.53. The van der Waals surface area contributed by atoms with Crippen molar-refractivity contribution in [3.63, 3.8) is 0 Å². The zero-order valence-electron chi connectivity index (χ0n) is 17.7. The molecule has 2 rings (SSSR count). The van der Waals surface area contributed by atoms with E-state index >= 15 is 0 Å². The van der Waals surface area contributed by atoms with Crippen molar-refractivity contribution in [1.82, 2.24) is 10.6 Å². The van der Waals surface area contributed by atoms with Crippen LogP contribution in [0.15, 0.2) is 47.5 Å². The molecule has 2 aromatic carbocycles. The molecular weight excluding hydrogens is 370 g/mol. The number of benzene rings is 2. The van der Waals surface area contributed by atoms with Gasteiger partial charge in [-0.3, -0.25) is 4.99 Å². The van der Waals surface area contributed by atoms with E-state index in [1.54, 1.807) is 21.3 Å². The Morgan fingerprint density at radius 3 is 2.31 bits per heavy atom. The minimum absolute atomic E-state index is 0.554. The van der Waals surface area contributed by atoms with E-state index in [4.69, 9.17) is 18.9 Å². The third-order valence-electron chi connectivity index (χ3n) is 4.19. The summed E-state index contributed by atoms with van der Waals surface area (Å²) < 4.78 is 22.0. The van der Waals surface area contributed by atoms with Gasteiger partial charge in [0.25, 0.3) is 0 Å². The van der Waals surface area contributed by atoms with Gasteiger partial charge in [-0.15, -0.1) is 0 Å². The van der Waals surface area contributed by atoms with Gasteiger partial charge in [-0.25, -0.2) is 0 Å². The maximum Gasteiger partial charge on any atom is 0.203 e. The molecule has 0 saturated carbocycles. The normalized spacial score (nSPS) is 11.0. The fourth-order valence-corrected chi connectivity index (χ4v) is 2.85. The average Bonchev–Trinajstić information content (AvgIpc) is 2.76. The van der Waals surface area contributed by atoms with Crippen LogP contribution in [0, 0.1) is 0 Å². The van der Waals surface area contributed by atoms with Crippen LogP contribution < -0.4 is 29.6 Å². The Labute approximate surface area is 173 Å². The molecule has 0 saturated heterocycles. The minimum atomic E-state index is 0.554.